The molecule has 0 spiro atoms. The maximum Gasteiger partial charge on any atom is 0.231 e. The largest absolute Gasteiger partial charge is 0.357 e. The number of anilines is 3. The van der Waals surface area contributed by atoms with Crippen molar-refractivity contribution in [3.05, 3.63) is 0 Å². The Morgan fingerprint density at radius 2 is 1.74 bits per heavy atom. The van der Waals surface area contributed by atoms with Gasteiger partial charge in [0.05, 0.1) is 0 Å². The predicted octanol–water partition coefficient (Wildman–Crippen LogP) is 1.97. The van der Waals surface area contributed by atoms with Crippen LogP contribution >= 0.6 is 0 Å². The summed E-state index contributed by atoms with van der Waals surface area (Å²) in [5, 5.41) is 6.33. The molecule has 6 heteroatoms. The summed E-state index contributed by atoms with van der Waals surface area (Å²) in [6.07, 6.45) is 2.57. The first kappa shape index (κ1) is 13.8. The summed E-state index contributed by atoms with van der Waals surface area (Å²) in [5.74, 6) is 2.00. The molecule has 1 heterocycles. The van der Waals surface area contributed by atoms with Crippen molar-refractivity contribution in [1.29, 1.82) is 0 Å². The summed E-state index contributed by atoms with van der Waals surface area (Å²) in [6.45, 7) is 9.19. The monoisotopic (exact) mass is 264 g/mol. The van der Waals surface area contributed by atoms with Gasteiger partial charge in [0.15, 0.2) is 0 Å². The summed E-state index contributed by atoms with van der Waals surface area (Å²) in [4.78, 5) is 15.4. The van der Waals surface area contributed by atoms with Gasteiger partial charge in [0.25, 0.3) is 0 Å². The van der Waals surface area contributed by atoms with Crippen LogP contribution in [0.1, 0.15) is 33.6 Å². The second kappa shape index (κ2) is 5.59. The van der Waals surface area contributed by atoms with Gasteiger partial charge in [0.1, 0.15) is 0 Å². The van der Waals surface area contributed by atoms with E-state index in [1.54, 1.807) is 0 Å². The molecule has 0 aromatic carbocycles. The number of hydrogen-bond donors (Lipinski definition) is 2. The second-order valence-electron chi connectivity index (χ2n) is 5.37. The molecule has 0 amide bonds. The molecule has 1 aromatic rings. The van der Waals surface area contributed by atoms with Crippen LogP contribution in [0.15, 0.2) is 0 Å². The van der Waals surface area contributed by atoms with Gasteiger partial charge >= 0.3 is 0 Å². The molecule has 1 aliphatic carbocycles. The van der Waals surface area contributed by atoms with Gasteiger partial charge < -0.3 is 15.5 Å². The Balaban J connectivity index is 2.14. The minimum Gasteiger partial charge on any atom is -0.357 e. The van der Waals surface area contributed by atoms with E-state index in [1.807, 2.05) is 7.05 Å². The van der Waals surface area contributed by atoms with E-state index in [-0.39, 0.29) is 0 Å². The third-order valence-electron chi connectivity index (χ3n) is 3.67. The van der Waals surface area contributed by atoms with Crippen LogP contribution < -0.4 is 15.5 Å². The molecule has 0 unspecified atom stereocenters. The molecular weight excluding hydrogens is 240 g/mol. The van der Waals surface area contributed by atoms with E-state index in [2.05, 4.69) is 51.3 Å². The molecule has 0 bridgehead atoms. The van der Waals surface area contributed by atoms with E-state index in [1.165, 1.54) is 12.8 Å². The van der Waals surface area contributed by atoms with Gasteiger partial charge in [-0.05, 0) is 32.1 Å². The third-order valence-corrected chi connectivity index (χ3v) is 3.67. The van der Waals surface area contributed by atoms with Crippen LogP contribution in [-0.2, 0) is 0 Å². The van der Waals surface area contributed by atoms with Crippen LogP contribution in [0, 0.1) is 5.41 Å². The number of nitrogens with one attached hydrogen (secondary N) is 2. The fourth-order valence-corrected chi connectivity index (χ4v) is 1.89. The Morgan fingerprint density at radius 1 is 1.11 bits per heavy atom. The highest BCUT2D eigenvalue weighted by molar-refractivity contribution is 5.43. The number of rotatable bonds is 7. The van der Waals surface area contributed by atoms with Crippen LogP contribution in [0.2, 0.25) is 0 Å². The molecule has 2 N–H and O–H groups in total. The molecule has 1 fully saturated rings. The fraction of sp³-hybridized carbons (Fsp3) is 0.769. The van der Waals surface area contributed by atoms with Crippen molar-refractivity contribution in [1.82, 2.24) is 15.0 Å². The summed E-state index contributed by atoms with van der Waals surface area (Å²) in [7, 11) is 1.83. The summed E-state index contributed by atoms with van der Waals surface area (Å²) in [6, 6.07) is 0. The van der Waals surface area contributed by atoms with Crippen molar-refractivity contribution in [3.8, 4) is 0 Å². The van der Waals surface area contributed by atoms with Crippen molar-refractivity contribution < 1.29 is 0 Å². The Kier molecular flexibility index (Phi) is 4.07. The average Bonchev–Trinajstić information content (AvgIpc) is 3.16. The maximum absolute atomic E-state index is 4.51. The molecule has 2 rings (SSSR count). The molecular formula is C13H24N6. The standard InChI is InChI=1S/C13H24N6/c1-5-19(6-2)12-17-10(14-4)16-11(18-12)15-9-13(3)7-8-13/h5-9H2,1-4H3,(H2,14,15,16,17,18). The Hall–Kier alpha value is -1.59. The Labute approximate surface area is 115 Å². The molecule has 1 aliphatic rings. The first-order chi connectivity index (χ1) is 9.10. The molecule has 1 saturated carbocycles. The Morgan fingerprint density at radius 3 is 2.26 bits per heavy atom. The quantitative estimate of drug-likeness (QED) is 0.785. The molecule has 1 aromatic heterocycles. The van der Waals surface area contributed by atoms with Gasteiger partial charge in [-0.15, -0.1) is 0 Å². The predicted molar refractivity (Wildman–Crippen MR) is 78.8 cm³/mol. The topological polar surface area (TPSA) is 66.0 Å². The van der Waals surface area contributed by atoms with Crippen LogP contribution in [0.25, 0.3) is 0 Å². The van der Waals surface area contributed by atoms with Gasteiger partial charge in [-0.25, -0.2) is 0 Å². The first-order valence-corrected chi connectivity index (χ1v) is 7.03. The normalized spacial score (nSPS) is 16.0. The van der Waals surface area contributed by atoms with E-state index in [0.717, 1.165) is 25.6 Å². The van der Waals surface area contributed by atoms with E-state index in [4.69, 9.17) is 0 Å². The van der Waals surface area contributed by atoms with Crippen LogP contribution in [0.4, 0.5) is 17.8 Å². The highest BCUT2D eigenvalue weighted by atomic mass is 15.3. The molecule has 19 heavy (non-hydrogen) atoms. The van der Waals surface area contributed by atoms with Gasteiger partial charge in [-0.1, -0.05) is 6.92 Å². The van der Waals surface area contributed by atoms with Gasteiger partial charge in [0.2, 0.25) is 17.8 Å². The minimum absolute atomic E-state index is 0.432. The van der Waals surface area contributed by atoms with E-state index >= 15 is 0 Å². The van der Waals surface area contributed by atoms with E-state index < -0.39 is 0 Å². The number of nitrogens with zero attached hydrogens (tertiary/aromatic N) is 4. The summed E-state index contributed by atoms with van der Waals surface area (Å²) < 4.78 is 0. The van der Waals surface area contributed by atoms with Crippen molar-refractivity contribution >= 4 is 17.8 Å². The van der Waals surface area contributed by atoms with Crippen LogP contribution in [0.3, 0.4) is 0 Å². The number of hydrogen-bond acceptors (Lipinski definition) is 6. The molecule has 0 atom stereocenters. The fourth-order valence-electron chi connectivity index (χ4n) is 1.89. The zero-order valence-electron chi connectivity index (χ0n) is 12.3. The lowest BCUT2D eigenvalue weighted by atomic mass is 10.1. The Bertz CT molecular complexity index is 425. The lowest BCUT2D eigenvalue weighted by Gasteiger charge is -2.20. The van der Waals surface area contributed by atoms with E-state index in [9.17, 15) is 0 Å². The lowest BCUT2D eigenvalue weighted by molar-refractivity contribution is 0.607. The molecule has 0 saturated heterocycles. The number of aromatic nitrogens is 3. The van der Waals surface area contributed by atoms with Crippen molar-refractivity contribution in [3.63, 3.8) is 0 Å². The van der Waals surface area contributed by atoms with Crippen molar-refractivity contribution in [2.45, 2.75) is 33.6 Å². The van der Waals surface area contributed by atoms with E-state index in [0.29, 0.717) is 17.3 Å². The molecule has 106 valence electrons. The van der Waals surface area contributed by atoms with Gasteiger partial charge in [-0.3, -0.25) is 0 Å². The van der Waals surface area contributed by atoms with Crippen molar-refractivity contribution in [2.24, 2.45) is 5.41 Å². The second-order valence-corrected chi connectivity index (χ2v) is 5.37. The third kappa shape index (κ3) is 3.45. The van der Waals surface area contributed by atoms with Crippen molar-refractivity contribution in [2.75, 3.05) is 42.2 Å². The minimum atomic E-state index is 0.432. The highest BCUT2D eigenvalue weighted by Crippen LogP contribution is 2.44. The van der Waals surface area contributed by atoms with Crippen LogP contribution in [0.5, 0.6) is 0 Å². The first-order valence-electron chi connectivity index (χ1n) is 7.03. The SMILES string of the molecule is CCN(CC)c1nc(NC)nc(NCC2(C)CC2)n1. The summed E-state index contributed by atoms with van der Waals surface area (Å²) >= 11 is 0. The molecule has 0 aliphatic heterocycles. The lowest BCUT2D eigenvalue weighted by Crippen LogP contribution is -2.25. The summed E-state index contributed by atoms with van der Waals surface area (Å²) in [5.41, 5.74) is 0.432. The van der Waals surface area contributed by atoms with Gasteiger partial charge in [-0.2, -0.15) is 15.0 Å². The smallest absolute Gasteiger partial charge is 0.231 e. The van der Waals surface area contributed by atoms with Gasteiger partial charge in [0, 0.05) is 26.7 Å². The zero-order chi connectivity index (χ0) is 13.9. The average molecular weight is 264 g/mol. The maximum atomic E-state index is 4.51. The highest BCUT2D eigenvalue weighted by Gasteiger charge is 2.37. The molecule has 0 radical (unpaired) electrons. The van der Waals surface area contributed by atoms with Crippen LogP contribution in [-0.4, -0.2) is 41.6 Å². The molecule has 6 nitrogen and oxygen atoms in total. The zero-order valence-corrected chi connectivity index (χ0v) is 12.3.